The van der Waals surface area contributed by atoms with Crippen LogP contribution in [0.2, 0.25) is 0 Å². The van der Waals surface area contributed by atoms with Crippen LogP contribution >= 0.6 is 0 Å². The Balaban J connectivity index is 4.34. The summed E-state index contributed by atoms with van der Waals surface area (Å²) in [6, 6.07) is 0. The maximum Gasteiger partial charge on any atom is 0.410 e. The van der Waals surface area contributed by atoms with Gasteiger partial charge >= 0.3 is 6.09 Å². The van der Waals surface area contributed by atoms with Gasteiger partial charge in [-0.1, -0.05) is 6.92 Å². The largest absolute Gasteiger partial charge is 0.444 e. The summed E-state index contributed by atoms with van der Waals surface area (Å²) < 4.78 is 31.5. The summed E-state index contributed by atoms with van der Waals surface area (Å²) in [7, 11) is -3.47. The van der Waals surface area contributed by atoms with E-state index in [4.69, 9.17) is 4.74 Å². The number of carbonyl (C=O) groups is 1. The topological polar surface area (TPSA) is 72.9 Å². The van der Waals surface area contributed by atoms with Gasteiger partial charge < -0.3 is 9.64 Å². The van der Waals surface area contributed by atoms with Gasteiger partial charge in [0, 0.05) is 13.1 Å². The smallest absolute Gasteiger partial charge is 0.410 e. The van der Waals surface area contributed by atoms with Crippen LogP contribution in [-0.2, 0) is 19.0 Å². The molecule has 0 aromatic carbocycles. The summed E-state index contributed by atoms with van der Waals surface area (Å²) in [5.74, 6) is 0. The number of hydrogen-bond acceptors (Lipinski definition) is 5. The molecular weight excluding hydrogens is 258 g/mol. The third kappa shape index (κ3) is 9.23. The van der Waals surface area contributed by atoms with E-state index in [1.807, 2.05) is 6.92 Å². The summed E-state index contributed by atoms with van der Waals surface area (Å²) in [5.41, 5.74) is -0.569. The second-order valence-electron chi connectivity index (χ2n) is 4.99. The molecule has 0 saturated carbocycles. The molecule has 0 spiro atoms. The normalized spacial score (nSPS) is 12.3. The van der Waals surface area contributed by atoms with Gasteiger partial charge in [0.15, 0.2) is 0 Å². The van der Waals surface area contributed by atoms with Crippen LogP contribution in [0.4, 0.5) is 4.79 Å². The van der Waals surface area contributed by atoms with E-state index < -0.39 is 21.8 Å². The van der Waals surface area contributed by atoms with Gasteiger partial charge in [-0.3, -0.25) is 4.18 Å². The number of hydrogen-bond donors (Lipinski definition) is 0. The molecule has 0 radical (unpaired) electrons. The lowest BCUT2D eigenvalue weighted by molar-refractivity contribution is 0.0227. The van der Waals surface area contributed by atoms with Gasteiger partial charge in [-0.2, -0.15) is 8.42 Å². The Kier molecular flexibility index (Phi) is 6.62. The molecule has 0 atom stereocenters. The monoisotopic (exact) mass is 281 g/mol. The number of carbonyl (C=O) groups excluding carboxylic acids is 1. The fourth-order valence-corrected chi connectivity index (χ4v) is 1.57. The van der Waals surface area contributed by atoms with Crippen molar-refractivity contribution in [2.24, 2.45) is 0 Å². The molecule has 7 heteroatoms. The van der Waals surface area contributed by atoms with Crippen molar-refractivity contribution in [1.29, 1.82) is 0 Å². The molecule has 1 amide bonds. The molecule has 0 aliphatic rings. The van der Waals surface area contributed by atoms with Crippen molar-refractivity contribution in [2.75, 3.05) is 26.0 Å². The van der Waals surface area contributed by atoms with Crippen LogP contribution < -0.4 is 0 Å². The first kappa shape index (κ1) is 17.2. The second-order valence-corrected chi connectivity index (χ2v) is 6.64. The van der Waals surface area contributed by atoms with Gasteiger partial charge in [-0.05, 0) is 27.2 Å². The fraction of sp³-hybridized carbons (Fsp3) is 0.909. The lowest BCUT2D eigenvalue weighted by Gasteiger charge is -2.26. The number of nitrogens with zero attached hydrogens (tertiary/aromatic N) is 1. The highest BCUT2D eigenvalue weighted by Gasteiger charge is 2.21. The van der Waals surface area contributed by atoms with Gasteiger partial charge in [-0.15, -0.1) is 0 Å². The number of rotatable bonds is 6. The van der Waals surface area contributed by atoms with Crippen molar-refractivity contribution in [1.82, 2.24) is 4.90 Å². The molecule has 0 aromatic heterocycles. The Bertz CT molecular complexity index is 358. The summed E-state index contributed by atoms with van der Waals surface area (Å²) in [6.45, 7) is 7.90. The zero-order valence-electron chi connectivity index (χ0n) is 11.7. The average Bonchev–Trinajstić information content (AvgIpc) is 2.11. The highest BCUT2D eigenvalue weighted by molar-refractivity contribution is 7.85. The maximum absolute atomic E-state index is 11.8. The van der Waals surface area contributed by atoms with E-state index in [0.717, 1.165) is 12.7 Å². The van der Waals surface area contributed by atoms with E-state index >= 15 is 0 Å². The van der Waals surface area contributed by atoms with Crippen LogP contribution in [-0.4, -0.2) is 51.0 Å². The minimum absolute atomic E-state index is 0.0575. The molecule has 0 aliphatic heterocycles. The Morgan fingerprint density at radius 2 is 1.78 bits per heavy atom. The van der Waals surface area contributed by atoms with Gasteiger partial charge in [0.25, 0.3) is 10.1 Å². The quantitative estimate of drug-likeness (QED) is 0.692. The van der Waals surface area contributed by atoms with Crippen molar-refractivity contribution < 1.29 is 22.1 Å². The zero-order chi connectivity index (χ0) is 14.4. The van der Waals surface area contributed by atoms with Crippen molar-refractivity contribution >= 4 is 16.2 Å². The van der Waals surface area contributed by atoms with Gasteiger partial charge in [0.2, 0.25) is 0 Å². The molecule has 0 rings (SSSR count). The zero-order valence-corrected chi connectivity index (χ0v) is 12.5. The Hall–Kier alpha value is -0.820. The molecule has 0 unspecified atom stereocenters. The molecule has 0 heterocycles. The summed E-state index contributed by atoms with van der Waals surface area (Å²) >= 11 is 0. The van der Waals surface area contributed by atoms with Crippen LogP contribution in [0.5, 0.6) is 0 Å². The van der Waals surface area contributed by atoms with Crippen LogP contribution in [0.15, 0.2) is 0 Å². The van der Waals surface area contributed by atoms with E-state index in [9.17, 15) is 13.2 Å². The predicted molar refractivity (Wildman–Crippen MR) is 68.9 cm³/mol. The summed E-state index contributed by atoms with van der Waals surface area (Å²) in [4.78, 5) is 13.2. The maximum atomic E-state index is 11.8. The Labute approximate surface area is 109 Å². The molecule has 0 aliphatic carbocycles. The van der Waals surface area contributed by atoms with E-state index in [-0.39, 0.29) is 13.2 Å². The molecule has 18 heavy (non-hydrogen) atoms. The highest BCUT2D eigenvalue weighted by Crippen LogP contribution is 2.10. The SMILES string of the molecule is CCCN(CCOS(C)(=O)=O)C(=O)OC(C)(C)C. The first-order valence-corrected chi connectivity index (χ1v) is 7.69. The summed E-state index contributed by atoms with van der Waals surface area (Å²) in [5, 5.41) is 0. The lowest BCUT2D eigenvalue weighted by Crippen LogP contribution is -2.39. The predicted octanol–water partition coefficient (Wildman–Crippen LogP) is 1.61. The minimum atomic E-state index is -3.47. The average molecular weight is 281 g/mol. The van der Waals surface area contributed by atoms with Crippen LogP contribution in [0.3, 0.4) is 0 Å². The van der Waals surface area contributed by atoms with Crippen LogP contribution in [0.1, 0.15) is 34.1 Å². The molecule has 6 nitrogen and oxygen atoms in total. The van der Waals surface area contributed by atoms with Crippen molar-refractivity contribution in [2.45, 2.75) is 39.7 Å². The fourth-order valence-electron chi connectivity index (χ4n) is 1.19. The Morgan fingerprint density at radius 3 is 2.17 bits per heavy atom. The molecule has 108 valence electrons. The van der Waals surface area contributed by atoms with E-state index in [1.54, 1.807) is 20.8 Å². The van der Waals surface area contributed by atoms with Gasteiger partial charge in [0.1, 0.15) is 5.60 Å². The second kappa shape index (κ2) is 6.94. The molecule has 0 saturated heterocycles. The standard InChI is InChI=1S/C11H23NO5S/c1-6-7-12(8-9-16-18(5,14)15)10(13)17-11(2,3)4/h6-9H2,1-5H3. The van der Waals surface area contributed by atoms with Gasteiger partial charge in [0.05, 0.1) is 12.9 Å². The van der Waals surface area contributed by atoms with Crippen molar-refractivity contribution in [3.63, 3.8) is 0 Å². The van der Waals surface area contributed by atoms with E-state index in [0.29, 0.717) is 6.54 Å². The first-order chi connectivity index (χ1) is 8.05. The van der Waals surface area contributed by atoms with E-state index in [1.165, 1.54) is 4.90 Å². The summed E-state index contributed by atoms with van der Waals surface area (Å²) in [6.07, 6.45) is 1.28. The molecule has 0 N–H and O–H groups in total. The van der Waals surface area contributed by atoms with Crippen LogP contribution in [0.25, 0.3) is 0 Å². The van der Waals surface area contributed by atoms with Crippen LogP contribution in [0, 0.1) is 0 Å². The van der Waals surface area contributed by atoms with Crippen molar-refractivity contribution in [3.8, 4) is 0 Å². The molecular formula is C11H23NO5S. The van der Waals surface area contributed by atoms with Crippen molar-refractivity contribution in [3.05, 3.63) is 0 Å². The molecule has 0 aromatic rings. The third-order valence-corrected chi connectivity index (χ3v) is 2.40. The van der Waals surface area contributed by atoms with Gasteiger partial charge in [-0.25, -0.2) is 4.79 Å². The minimum Gasteiger partial charge on any atom is -0.444 e. The third-order valence-electron chi connectivity index (χ3n) is 1.80. The lowest BCUT2D eigenvalue weighted by atomic mass is 10.2. The first-order valence-electron chi connectivity index (χ1n) is 5.87. The molecule has 0 fully saturated rings. The number of amides is 1. The molecule has 0 bridgehead atoms. The highest BCUT2D eigenvalue weighted by atomic mass is 32.2. The van der Waals surface area contributed by atoms with E-state index in [2.05, 4.69) is 4.18 Å². The Morgan fingerprint density at radius 1 is 1.22 bits per heavy atom. The number of ether oxygens (including phenoxy) is 1.